The molecular formula is C11H22N2O. The maximum absolute atomic E-state index is 11.7. The summed E-state index contributed by atoms with van der Waals surface area (Å²) in [5.41, 5.74) is 0. The van der Waals surface area contributed by atoms with E-state index in [2.05, 4.69) is 33.0 Å². The molecule has 1 aliphatic rings. The van der Waals surface area contributed by atoms with E-state index in [9.17, 15) is 4.79 Å². The Bertz CT molecular complexity index is 199. The average Bonchev–Trinajstić information content (AvgIpc) is 2.51. The van der Waals surface area contributed by atoms with Gasteiger partial charge in [0.25, 0.3) is 0 Å². The first kappa shape index (κ1) is 11.5. The van der Waals surface area contributed by atoms with Gasteiger partial charge in [0.05, 0.1) is 12.7 Å². The molecule has 0 saturated carbocycles. The Labute approximate surface area is 86.9 Å². The maximum Gasteiger partial charge on any atom is 0.238 e. The van der Waals surface area contributed by atoms with E-state index in [-0.39, 0.29) is 12.1 Å². The lowest BCUT2D eigenvalue weighted by Gasteiger charge is -2.33. The molecule has 1 unspecified atom stereocenters. The Hall–Kier alpha value is -0.570. The molecule has 0 spiro atoms. The van der Waals surface area contributed by atoms with Gasteiger partial charge in [-0.25, -0.2) is 0 Å². The van der Waals surface area contributed by atoms with Gasteiger partial charge >= 0.3 is 0 Å². The Balaban J connectivity index is 2.75. The van der Waals surface area contributed by atoms with Crippen LogP contribution < -0.4 is 5.32 Å². The largest absolute Gasteiger partial charge is 0.323 e. The van der Waals surface area contributed by atoms with E-state index >= 15 is 0 Å². The minimum absolute atomic E-state index is 0.243. The summed E-state index contributed by atoms with van der Waals surface area (Å²) in [5, 5.41) is 3.28. The molecule has 0 aromatic heterocycles. The first-order valence-electron chi connectivity index (χ1n) is 5.66. The molecule has 82 valence electrons. The summed E-state index contributed by atoms with van der Waals surface area (Å²) in [5.74, 6) is 0.749. The predicted octanol–water partition coefficient (Wildman–Crippen LogP) is 1.59. The molecule has 1 aliphatic heterocycles. The summed E-state index contributed by atoms with van der Waals surface area (Å²) in [4.78, 5) is 13.8. The molecule has 0 bridgehead atoms. The van der Waals surface area contributed by atoms with Crippen LogP contribution in [-0.4, -0.2) is 29.6 Å². The van der Waals surface area contributed by atoms with Crippen LogP contribution in [0.1, 0.15) is 40.5 Å². The van der Waals surface area contributed by atoms with Crippen molar-refractivity contribution in [3.05, 3.63) is 0 Å². The van der Waals surface area contributed by atoms with Crippen LogP contribution in [0.5, 0.6) is 0 Å². The highest BCUT2D eigenvalue weighted by Gasteiger charge is 2.35. The average molecular weight is 198 g/mol. The van der Waals surface area contributed by atoms with Gasteiger partial charge in [0.2, 0.25) is 5.91 Å². The molecule has 1 fully saturated rings. The molecule has 0 aliphatic carbocycles. The number of nitrogens with zero attached hydrogens (tertiary/aromatic N) is 1. The van der Waals surface area contributed by atoms with Crippen LogP contribution in [0.15, 0.2) is 0 Å². The highest BCUT2D eigenvalue weighted by atomic mass is 16.2. The van der Waals surface area contributed by atoms with Crippen molar-refractivity contribution in [2.24, 2.45) is 5.92 Å². The van der Waals surface area contributed by atoms with Crippen LogP contribution >= 0.6 is 0 Å². The quantitative estimate of drug-likeness (QED) is 0.744. The Morgan fingerprint density at radius 3 is 2.43 bits per heavy atom. The highest BCUT2D eigenvalue weighted by Crippen LogP contribution is 2.20. The fourth-order valence-corrected chi connectivity index (χ4v) is 2.21. The molecule has 3 nitrogen and oxygen atoms in total. The topological polar surface area (TPSA) is 32.3 Å². The molecular weight excluding hydrogens is 176 g/mol. The van der Waals surface area contributed by atoms with Crippen LogP contribution in [0.25, 0.3) is 0 Å². The van der Waals surface area contributed by atoms with Crippen molar-refractivity contribution in [3.8, 4) is 0 Å². The van der Waals surface area contributed by atoms with Gasteiger partial charge in [-0.1, -0.05) is 27.7 Å². The molecule has 1 rings (SSSR count). The van der Waals surface area contributed by atoms with Gasteiger partial charge in [0.15, 0.2) is 0 Å². The first-order valence-corrected chi connectivity index (χ1v) is 5.66. The van der Waals surface area contributed by atoms with Crippen molar-refractivity contribution in [1.29, 1.82) is 0 Å². The van der Waals surface area contributed by atoms with Gasteiger partial charge in [-0.3, -0.25) is 10.1 Å². The lowest BCUT2D eigenvalue weighted by molar-refractivity contribution is -0.131. The smallest absolute Gasteiger partial charge is 0.238 e. The number of hydrogen-bond donors (Lipinski definition) is 1. The second kappa shape index (κ2) is 4.78. The highest BCUT2D eigenvalue weighted by molar-refractivity contribution is 5.81. The zero-order chi connectivity index (χ0) is 10.7. The number of carbonyl (C=O) groups excluding carboxylic acids is 1. The van der Waals surface area contributed by atoms with Crippen molar-refractivity contribution in [1.82, 2.24) is 10.2 Å². The number of amides is 1. The van der Waals surface area contributed by atoms with Crippen molar-refractivity contribution < 1.29 is 4.79 Å². The molecule has 3 heteroatoms. The summed E-state index contributed by atoms with van der Waals surface area (Å²) >= 11 is 0. The Morgan fingerprint density at radius 2 is 2.00 bits per heavy atom. The molecule has 0 radical (unpaired) electrons. The van der Waals surface area contributed by atoms with E-state index in [1.54, 1.807) is 0 Å². The number of rotatable bonds is 4. The van der Waals surface area contributed by atoms with Crippen LogP contribution in [-0.2, 0) is 4.79 Å². The van der Waals surface area contributed by atoms with Gasteiger partial charge in [-0.05, 0) is 18.8 Å². The lowest BCUT2D eigenvalue weighted by atomic mass is 10.1. The number of nitrogens with one attached hydrogen (secondary N) is 1. The Kier molecular flexibility index (Phi) is 3.93. The zero-order valence-corrected chi connectivity index (χ0v) is 9.71. The summed E-state index contributed by atoms with van der Waals surface area (Å²) in [6.07, 6.45) is 2.34. The summed E-state index contributed by atoms with van der Waals surface area (Å²) in [6, 6.07) is 0.407. The fraction of sp³-hybridized carbons (Fsp3) is 0.909. The number of carbonyl (C=O) groups is 1. The van der Waals surface area contributed by atoms with E-state index in [1.807, 2.05) is 4.90 Å². The van der Waals surface area contributed by atoms with Gasteiger partial charge in [-0.2, -0.15) is 0 Å². The molecule has 1 atom stereocenters. The monoisotopic (exact) mass is 198 g/mol. The molecule has 1 N–H and O–H groups in total. The molecule has 14 heavy (non-hydrogen) atoms. The van der Waals surface area contributed by atoms with E-state index in [0.717, 1.165) is 12.8 Å². The van der Waals surface area contributed by atoms with Crippen molar-refractivity contribution in [2.75, 3.05) is 6.54 Å². The molecule has 1 amide bonds. The third-order valence-corrected chi connectivity index (χ3v) is 3.02. The zero-order valence-electron chi connectivity index (χ0n) is 9.71. The van der Waals surface area contributed by atoms with E-state index in [0.29, 0.717) is 18.5 Å². The second-order valence-corrected chi connectivity index (χ2v) is 4.34. The molecule has 1 heterocycles. The minimum atomic E-state index is 0.243. The maximum atomic E-state index is 11.7. The summed E-state index contributed by atoms with van der Waals surface area (Å²) in [6.45, 7) is 9.13. The van der Waals surface area contributed by atoms with Crippen LogP contribution in [0, 0.1) is 5.92 Å². The van der Waals surface area contributed by atoms with Gasteiger partial charge in [0, 0.05) is 6.04 Å². The number of hydrogen-bond acceptors (Lipinski definition) is 2. The fourth-order valence-electron chi connectivity index (χ4n) is 2.21. The minimum Gasteiger partial charge on any atom is -0.323 e. The predicted molar refractivity (Wildman–Crippen MR) is 57.8 cm³/mol. The lowest BCUT2D eigenvalue weighted by Crippen LogP contribution is -2.46. The third-order valence-electron chi connectivity index (χ3n) is 3.02. The van der Waals surface area contributed by atoms with Crippen LogP contribution in [0.3, 0.4) is 0 Å². The van der Waals surface area contributed by atoms with Gasteiger partial charge in [0.1, 0.15) is 0 Å². The van der Waals surface area contributed by atoms with E-state index in [4.69, 9.17) is 0 Å². The molecule has 0 aromatic rings. The summed E-state index contributed by atoms with van der Waals surface area (Å²) < 4.78 is 0. The standard InChI is InChI=1S/C11H22N2O/c1-5-9(6-2)13-10(14)7-12-11(13)8(3)4/h8-9,11-12H,5-7H2,1-4H3. The first-order chi connectivity index (χ1) is 6.61. The second-order valence-electron chi connectivity index (χ2n) is 4.34. The van der Waals surface area contributed by atoms with E-state index < -0.39 is 0 Å². The van der Waals surface area contributed by atoms with Crippen LogP contribution in [0.2, 0.25) is 0 Å². The van der Waals surface area contributed by atoms with Crippen molar-refractivity contribution in [2.45, 2.75) is 52.7 Å². The normalized spacial score (nSPS) is 22.9. The van der Waals surface area contributed by atoms with Gasteiger partial charge in [-0.15, -0.1) is 0 Å². The molecule has 1 saturated heterocycles. The summed E-state index contributed by atoms with van der Waals surface area (Å²) in [7, 11) is 0. The van der Waals surface area contributed by atoms with E-state index in [1.165, 1.54) is 0 Å². The Morgan fingerprint density at radius 1 is 1.43 bits per heavy atom. The van der Waals surface area contributed by atoms with Gasteiger partial charge < -0.3 is 4.90 Å². The molecule has 0 aromatic carbocycles. The van der Waals surface area contributed by atoms with Crippen molar-refractivity contribution >= 4 is 5.91 Å². The van der Waals surface area contributed by atoms with Crippen molar-refractivity contribution in [3.63, 3.8) is 0 Å². The van der Waals surface area contributed by atoms with Crippen LogP contribution in [0.4, 0.5) is 0 Å². The third kappa shape index (κ3) is 2.08. The SMILES string of the molecule is CCC(CC)N1C(=O)CNC1C(C)C.